The molecular formula is C56H37N. The molecule has 0 bridgehead atoms. The van der Waals surface area contributed by atoms with Crippen LogP contribution in [0, 0.1) is 0 Å². The summed E-state index contributed by atoms with van der Waals surface area (Å²) in [4.78, 5) is 0. The van der Waals surface area contributed by atoms with Gasteiger partial charge in [-0.1, -0.05) is 194 Å². The molecule has 266 valence electrons. The number of aromatic nitrogens is 1. The summed E-state index contributed by atoms with van der Waals surface area (Å²) in [5.41, 5.74) is 15.9. The Morgan fingerprint density at radius 1 is 0.228 bits per heavy atom. The maximum absolute atomic E-state index is 2.41. The lowest BCUT2D eigenvalue weighted by molar-refractivity contribution is 1.18. The normalized spacial score (nSPS) is 11.5. The van der Waals surface area contributed by atoms with Crippen molar-refractivity contribution >= 4 is 43.4 Å². The first-order valence-electron chi connectivity index (χ1n) is 19.7. The minimum atomic E-state index is 1.15. The SMILES string of the molecule is c1ccc(-c2ccccc2-c2ccc(-c3ccc4c(c3)c3ccccc3n4-c3ccc(-c4c5ccccc5c(-c5ccccc5)c5ccccc45)cc3)cc2)cc1. The molecule has 0 aliphatic heterocycles. The standard InChI is InChI=1S/C56H37N/c1-3-15-39(16-4-1)45-19-7-8-20-46(45)40-29-27-38(28-30-40)43-33-36-54-52(37-43)47-21-13-14-26-53(47)57(54)44-34-31-42(32-35-44)56-50-24-11-9-22-48(50)55(41-17-5-2-6-18-41)49-23-10-12-25-51(49)56/h1-37H. The van der Waals surface area contributed by atoms with Crippen molar-refractivity contribution in [1.82, 2.24) is 4.57 Å². The number of rotatable bonds is 6. The van der Waals surface area contributed by atoms with Crippen molar-refractivity contribution < 1.29 is 0 Å². The third-order valence-corrected chi connectivity index (χ3v) is 11.6. The Hall–Kier alpha value is -7.48. The lowest BCUT2D eigenvalue weighted by atomic mass is 9.86. The van der Waals surface area contributed by atoms with Crippen LogP contribution in [0.2, 0.25) is 0 Å². The van der Waals surface area contributed by atoms with E-state index in [1.165, 1.54) is 99.0 Å². The monoisotopic (exact) mass is 723 g/mol. The van der Waals surface area contributed by atoms with Gasteiger partial charge in [-0.05, 0) is 108 Å². The first-order valence-corrected chi connectivity index (χ1v) is 19.7. The largest absolute Gasteiger partial charge is 0.309 e. The smallest absolute Gasteiger partial charge is 0.0541 e. The average molecular weight is 724 g/mol. The zero-order valence-electron chi connectivity index (χ0n) is 31.3. The molecule has 1 aromatic heterocycles. The van der Waals surface area contributed by atoms with Crippen LogP contribution in [0.3, 0.4) is 0 Å². The van der Waals surface area contributed by atoms with E-state index >= 15 is 0 Å². The van der Waals surface area contributed by atoms with Crippen molar-refractivity contribution in [3.8, 4) is 61.3 Å². The van der Waals surface area contributed by atoms with E-state index in [2.05, 4.69) is 229 Å². The molecule has 57 heavy (non-hydrogen) atoms. The van der Waals surface area contributed by atoms with Crippen molar-refractivity contribution in [3.05, 3.63) is 224 Å². The summed E-state index contributed by atoms with van der Waals surface area (Å²) in [6.07, 6.45) is 0. The van der Waals surface area contributed by atoms with Crippen LogP contribution < -0.4 is 0 Å². The van der Waals surface area contributed by atoms with E-state index in [-0.39, 0.29) is 0 Å². The van der Waals surface area contributed by atoms with E-state index in [0.717, 1.165) is 5.69 Å². The van der Waals surface area contributed by atoms with Gasteiger partial charge < -0.3 is 4.57 Å². The summed E-state index contributed by atoms with van der Waals surface area (Å²) in [5, 5.41) is 7.57. The molecule has 0 N–H and O–H groups in total. The van der Waals surface area contributed by atoms with Crippen LogP contribution in [0.25, 0.3) is 105 Å². The number of nitrogens with zero attached hydrogens (tertiary/aromatic N) is 1. The van der Waals surface area contributed by atoms with E-state index in [4.69, 9.17) is 0 Å². The number of para-hydroxylation sites is 1. The molecule has 0 saturated heterocycles. The number of fused-ring (bicyclic) bond motifs is 5. The third kappa shape index (κ3) is 5.55. The van der Waals surface area contributed by atoms with Gasteiger partial charge >= 0.3 is 0 Å². The quantitative estimate of drug-likeness (QED) is 0.151. The fourth-order valence-corrected chi connectivity index (χ4v) is 9.01. The Bertz CT molecular complexity index is 3190. The van der Waals surface area contributed by atoms with Gasteiger partial charge in [0.05, 0.1) is 11.0 Å². The highest BCUT2D eigenvalue weighted by molar-refractivity contribution is 6.21. The molecule has 0 amide bonds. The summed E-state index contributed by atoms with van der Waals surface area (Å²) < 4.78 is 2.41. The Labute approximate surface area is 332 Å². The van der Waals surface area contributed by atoms with E-state index in [1.807, 2.05) is 0 Å². The van der Waals surface area contributed by atoms with Gasteiger partial charge in [0.2, 0.25) is 0 Å². The predicted molar refractivity (Wildman–Crippen MR) is 243 cm³/mol. The van der Waals surface area contributed by atoms with E-state index in [9.17, 15) is 0 Å². The lowest BCUT2D eigenvalue weighted by Gasteiger charge is -2.18. The summed E-state index contributed by atoms with van der Waals surface area (Å²) >= 11 is 0. The molecule has 0 radical (unpaired) electrons. The van der Waals surface area contributed by atoms with Gasteiger partial charge in [-0.25, -0.2) is 0 Å². The summed E-state index contributed by atoms with van der Waals surface area (Å²) in [5.74, 6) is 0. The van der Waals surface area contributed by atoms with Gasteiger partial charge in [-0.2, -0.15) is 0 Å². The molecule has 1 nitrogen and oxygen atoms in total. The molecule has 0 aliphatic carbocycles. The van der Waals surface area contributed by atoms with Crippen LogP contribution in [-0.4, -0.2) is 4.57 Å². The molecule has 0 fully saturated rings. The molecule has 0 aliphatic rings. The molecule has 0 atom stereocenters. The zero-order valence-corrected chi connectivity index (χ0v) is 31.3. The molecule has 0 unspecified atom stereocenters. The molecule has 0 spiro atoms. The Morgan fingerprint density at radius 2 is 0.614 bits per heavy atom. The Kier molecular flexibility index (Phi) is 7.89. The molecule has 10 aromatic carbocycles. The van der Waals surface area contributed by atoms with Crippen molar-refractivity contribution in [2.24, 2.45) is 0 Å². The number of hydrogen-bond acceptors (Lipinski definition) is 0. The molecular weight excluding hydrogens is 687 g/mol. The predicted octanol–water partition coefficient (Wildman–Crippen LogP) is 15.4. The lowest BCUT2D eigenvalue weighted by Crippen LogP contribution is -1.94. The first-order chi connectivity index (χ1) is 28.3. The molecule has 1 heteroatoms. The summed E-state index contributed by atoms with van der Waals surface area (Å²) in [7, 11) is 0. The molecule has 11 rings (SSSR count). The molecule has 1 heterocycles. The van der Waals surface area contributed by atoms with Crippen LogP contribution in [0.1, 0.15) is 0 Å². The van der Waals surface area contributed by atoms with Crippen LogP contribution in [0.15, 0.2) is 224 Å². The minimum Gasteiger partial charge on any atom is -0.309 e. The van der Waals surface area contributed by atoms with Gasteiger partial charge in [0.25, 0.3) is 0 Å². The summed E-state index contributed by atoms with van der Waals surface area (Å²) in [6, 6.07) is 81.8. The Morgan fingerprint density at radius 3 is 1.19 bits per heavy atom. The maximum atomic E-state index is 2.41. The number of hydrogen-bond donors (Lipinski definition) is 0. The van der Waals surface area contributed by atoms with Gasteiger partial charge in [0.15, 0.2) is 0 Å². The minimum absolute atomic E-state index is 1.15. The fraction of sp³-hybridized carbons (Fsp3) is 0. The van der Waals surface area contributed by atoms with Crippen molar-refractivity contribution in [2.75, 3.05) is 0 Å². The first kappa shape index (κ1) is 32.9. The fourth-order valence-electron chi connectivity index (χ4n) is 9.01. The highest BCUT2D eigenvalue weighted by Gasteiger charge is 2.18. The van der Waals surface area contributed by atoms with Crippen molar-refractivity contribution in [3.63, 3.8) is 0 Å². The topological polar surface area (TPSA) is 4.93 Å². The highest BCUT2D eigenvalue weighted by Crippen LogP contribution is 2.44. The third-order valence-electron chi connectivity index (χ3n) is 11.6. The number of benzene rings is 10. The second kappa shape index (κ2) is 13.7. The van der Waals surface area contributed by atoms with Crippen LogP contribution in [0.4, 0.5) is 0 Å². The van der Waals surface area contributed by atoms with Gasteiger partial charge in [-0.3, -0.25) is 0 Å². The van der Waals surface area contributed by atoms with E-state index in [0.29, 0.717) is 0 Å². The highest BCUT2D eigenvalue weighted by atomic mass is 15.0. The van der Waals surface area contributed by atoms with Crippen LogP contribution in [0.5, 0.6) is 0 Å². The molecule has 0 saturated carbocycles. The molecule has 11 aromatic rings. The Balaban J connectivity index is 0.994. The maximum Gasteiger partial charge on any atom is 0.0541 e. The summed E-state index contributed by atoms with van der Waals surface area (Å²) in [6.45, 7) is 0. The van der Waals surface area contributed by atoms with Crippen LogP contribution >= 0.6 is 0 Å². The van der Waals surface area contributed by atoms with E-state index < -0.39 is 0 Å². The van der Waals surface area contributed by atoms with Crippen LogP contribution in [-0.2, 0) is 0 Å². The van der Waals surface area contributed by atoms with Gasteiger partial charge in [0.1, 0.15) is 0 Å². The van der Waals surface area contributed by atoms with Crippen molar-refractivity contribution in [1.29, 1.82) is 0 Å². The van der Waals surface area contributed by atoms with Gasteiger partial charge in [-0.15, -0.1) is 0 Å². The van der Waals surface area contributed by atoms with Crippen molar-refractivity contribution in [2.45, 2.75) is 0 Å². The zero-order chi connectivity index (χ0) is 37.7. The van der Waals surface area contributed by atoms with E-state index in [1.54, 1.807) is 0 Å². The van der Waals surface area contributed by atoms with Gasteiger partial charge in [0, 0.05) is 16.5 Å². The second-order valence-corrected chi connectivity index (χ2v) is 14.8. The second-order valence-electron chi connectivity index (χ2n) is 14.8. The average Bonchev–Trinajstić information content (AvgIpc) is 3.62.